The van der Waals surface area contributed by atoms with E-state index < -0.39 is 10.0 Å². The lowest BCUT2D eigenvalue weighted by atomic mass is 10.0. The van der Waals surface area contributed by atoms with Gasteiger partial charge in [-0.3, -0.25) is 0 Å². The van der Waals surface area contributed by atoms with Gasteiger partial charge in [0.1, 0.15) is 0 Å². The van der Waals surface area contributed by atoms with Crippen molar-refractivity contribution in [3.63, 3.8) is 0 Å². The van der Waals surface area contributed by atoms with Crippen molar-refractivity contribution in [1.82, 2.24) is 9.29 Å². The monoisotopic (exact) mass is 400 g/mol. The van der Waals surface area contributed by atoms with Gasteiger partial charge in [-0.25, -0.2) is 13.4 Å². The van der Waals surface area contributed by atoms with Gasteiger partial charge in [-0.05, 0) is 30.0 Å². The van der Waals surface area contributed by atoms with Crippen LogP contribution < -0.4 is 0 Å². The Morgan fingerprint density at radius 2 is 1.81 bits per heavy atom. The maximum Gasteiger partial charge on any atom is 0.243 e. The van der Waals surface area contributed by atoms with Crippen LogP contribution in [0.4, 0.5) is 0 Å². The lowest BCUT2D eigenvalue weighted by Crippen LogP contribution is -2.27. The highest BCUT2D eigenvalue weighted by atomic mass is 32.2. The predicted octanol–water partition coefficient (Wildman–Crippen LogP) is 5.06. The van der Waals surface area contributed by atoms with Crippen molar-refractivity contribution in [2.45, 2.75) is 38.1 Å². The van der Waals surface area contributed by atoms with Gasteiger partial charge in [0.25, 0.3) is 0 Å². The van der Waals surface area contributed by atoms with E-state index >= 15 is 0 Å². The first-order valence-electron chi connectivity index (χ1n) is 8.85. The molecule has 0 unspecified atom stereocenters. The molecule has 4 nitrogen and oxygen atoms in total. The summed E-state index contributed by atoms with van der Waals surface area (Å²) in [5.41, 5.74) is 3.43. The highest BCUT2D eigenvalue weighted by Gasteiger charge is 2.26. The summed E-state index contributed by atoms with van der Waals surface area (Å²) >= 11 is 1.56. The lowest BCUT2D eigenvalue weighted by molar-refractivity contribution is 0.465. The molecule has 0 N–H and O–H groups in total. The summed E-state index contributed by atoms with van der Waals surface area (Å²) in [6, 6.07) is 15.3. The van der Waals surface area contributed by atoms with E-state index in [0.29, 0.717) is 11.4 Å². The number of sulfonamides is 1. The lowest BCUT2D eigenvalue weighted by Gasteiger charge is -2.21. The van der Waals surface area contributed by atoms with Gasteiger partial charge in [0.15, 0.2) is 0 Å². The van der Waals surface area contributed by atoms with Crippen LogP contribution in [-0.2, 0) is 16.6 Å². The number of hydrogen-bond acceptors (Lipinski definition) is 4. The Morgan fingerprint density at radius 3 is 2.41 bits per heavy atom. The van der Waals surface area contributed by atoms with E-state index in [1.807, 2.05) is 68.6 Å². The summed E-state index contributed by atoms with van der Waals surface area (Å²) in [6.45, 7) is 6.30. The molecule has 3 rings (SSSR count). The average molecular weight is 401 g/mol. The molecule has 0 spiro atoms. The van der Waals surface area contributed by atoms with E-state index in [1.165, 1.54) is 4.31 Å². The number of aromatic nitrogens is 1. The zero-order chi connectivity index (χ0) is 19.6. The number of rotatable bonds is 6. The minimum absolute atomic E-state index is 0.103. The third-order valence-electron chi connectivity index (χ3n) is 4.49. The van der Waals surface area contributed by atoms with Crippen molar-refractivity contribution in [3.8, 4) is 11.3 Å². The fourth-order valence-corrected chi connectivity index (χ4v) is 5.14. The van der Waals surface area contributed by atoms with Gasteiger partial charge in [-0.2, -0.15) is 4.31 Å². The fourth-order valence-electron chi connectivity index (χ4n) is 2.98. The predicted molar refractivity (Wildman–Crippen MR) is 111 cm³/mol. The molecule has 2 aromatic carbocycles. The van der Waals surface area contributed by atoms with Crippen LogP contribution in [0.15, 0.2) is 58.8 Å². The van der Waals surface area contributed by atoms with Crippen molar-refractivity contribution in [2.75, 3.05) is 7.05 Å². The topological polar surface area (TPSA) is 50.3 Å². The highest BCUT2D eigenvalue weighted by Crippen LogP contribution is 2.32. The molecule has 0 bridgehead atoms. The summed E-state index contributed by atoms with van der Waals surface area (Å²) < 4.78 is 28.1. The molecule has 0 aliphatic heterocycles. The van der Waals surface area contributed by atoms with E-state index in [1.54, 1.807) is 24.5 Å². The second kappa shape index (κ2) is 7.92. The second-order valence-electron chi connectivity index (χ2n) is 6.91. The number of benzene rings is 2. The molecule has 27 heavy (non-hydrogen) atoms. The Morgan fingerprint density at radius 1 is 1.11 bits per heavy atom. The third-order valence-corrected chi connectivity index (χ3v) is 7.12. The first-order chi connectivity index (χ1) is 12.8. The van der Waals surface area contributed by atoms with E-state index in [4.69, 9.17) is 0 Å². The van der Waals surface area contributed by atoms with Crippen molar-refractivity contribution in [2.24, 2.45) is 0 Å². The number of hydrogen-bond donors (Lipinski definition) is 0. The Kier molecular flexibility index (Phi) is 5.79. The summed E-state index contributed by atoms with van der Waals surface area (Å²) in [5.74, 6) is 0.103. The normalized spacial score (nSPS) is 12.1. The Hall–Kier alpha value is -2.02. The molecular formula is C21H24N2O2S2. The Balaban J connectivity index is 2.03. The number of nitrogens with zero attached hydrogens (tertiary/aromatic N) is 2. The molecule has 1 aromatic heterocycles. The molecule has 0 saturated heterocycles. The summed E-state index contributed by atoms with van der Waals surface area (Å²) in [7, 11) is -2.00. The average Bonchev–Trinajstić information content (AvgIpc) is 3.08. The van der Waals surface area contributed by atoms with Crippen LogP contribution >= 0.6 is 11.3 Å². The molecular weight excluding hydrogens is 376 g/mol. The molecule has 6 heteroatoms. The van der Waals surface area contributed by atoms with Crippen LogP contribution in [0.5, 0.6) is 0 Å². The maximum atomic E-state index is 13.4. The first kappa shape index (κ1) is 19.7. The Labute approximate surface area is 165 Å². The van der Waals surface area contributed by atoms with Gasteiger partial charge in [-0.1, -0.05) is 56.3 Å². The van der Waals surface area contributed by atoms with Crippen molar-refractivity contribution >= 4 is 21.4 Å². The molecule has 0 radical (unpaired) electrons. The maximum absolute atomic E-state index is 13.4. The van der Waals surface area contributed by atoms with Crippen LogP contribution in [0.25, 0.3) is 11.3 Å². The van der Waals surface area contributed by atoms with Crippen molar-refractivity contribution in [1.29, 1.82) is 0 Å². The van der Waals surface area contributed by atoms with Gasteiger partial charge < -0.3 is 0 Å². The van der Waals surface area contributed by atoms with Crippen LogP contribution in [0, 0.1) is 6.92 Å². The molecule has 0 fully saturated rings. The summed E-state index contributed by atoms with van der Waals surface area (Å²) in [6.07, 6.45) is 0. The van der Waals surface area contributed by atoms with Gasteiger partial charge in [-0.15, -0.1) is 11.3 Å². The molecule has 1 heterocycles. The van der Waals surface area contributed by atoms with E-state index in [2.05, 4.69) is 4.98 Å². The number of thiazole rings is 1. The van der Waals surface area contributed by atoms with Gasteiger partial charge in [0.05, 0.1) is 15.6 Å². The molecule has 0 aliphatic carbocycles. The second-order valence-corrected chi connectivity index (χ2v) is 9.98. The Bertz CT molecular complexity index is 1030. The van der Waals surface area contributed by atoms with Crippen LogP contribution in [0.3, 0.4) is 0 Å². The summed E-state index contributed by atoms with van der Waals surface area (Å²) in [4.78, 5) is 4.86. The molecule has 0 atom stereocenters. The van der Waals surface area contributed by atoms with Gasteiger partial charge in [0, 0.05) is 24.5 Å². The smallest absolute Gasteiger partial charge is 0.242 e. The largest absolute Gasteiger partial charge is 0.243 e. The molecule has 0 amide bonds. The molecule has 142 valence electrons. The van der Waals surface area contributed by atoms with E-state index in [9.17, 15) is 8.42 Å². The van der Waals surface area contributed by atoms with Crippen LogP contribution in [0.1, 0.15) is 35.9 Å². The number of aryl methyl sites for hydroxylation is 1. The van der Waals surface area contributed by atoms with Gasteiger partial charge >= 0.3 is 0 Å². The van der Waals surface area contributed by atoms with Crippen molar-refractivity contribution < 1.29 is 8.42 Å². The quantitative estimate of drug-likeness (QED) is 0.581. The fraction of sp³-hybridized carbons (Fsp3) is 0.286. The minimum atomic E-state index is -3.63. The first-order valence-corrected chi connectivity index (χ1v) is 11.2. The van der Waals surface area contributed by atoms with Crippen molar-refractivity contribution in [3.05, 3.63) is 70.0 Å². The third kappa shape index (κ3) is 4.29. The van der Waals surface area contributed by atoms with Crippen LogP contribution in [0.2, 0.25) is 0 Å². The minimum Gasteiger partial charge on any atom is -0.242 e. The van der Waals surface area contributed by atoms with E-state index in [-0.39, 0.29) is 5.92 Å². The van der Waals surface area contributed by atoms with Crippen LogP contribution in [-0.4, -0.2) is 24.8 Å². The van der Waals surface area contributed by atoms with Gasteiger partial charge in [0.2, 0.25) is 10.0 Å². The highest BCUT2D eigenvalue weighted by molar-refractivity contribution is 7.89. The zero-order valence-corrected chi connectivity index (χ0v) is 17.6. The zero-order valence-electron chi connectivity index (χ0n) is 16.0. The molecule has 0 aliphatic rings. The summed E-state index contributed by atoms with van der Waals surface area (Å²) in [5, 5.41) is 2.92. The van der Waals surface area contributed by atoms with E-state index in [0.717, 1.165) is 27.4 Å². The SMILES string of the molecule is Cc1nc(-c2ccc(C(C)C)c(S(=O)(=O)N(C)Cc3ccccc3)c2)cs1. The molecule has 3 aromatic rings. The standard InChI is InChI=1S/C21H24N2O2S2/c1-15(2)19-11-10-18(20-14-26-16(3)22-20)12-21(19)27(24,25)23(4)13-17-8-6-5-7-9-17/h5-12,14-15H,13H2,1-4H3. The molecule has 0 saturated carbocycles.